The van der Waals surface area contributed by atoms with Gasteiger partial charge in [0.1, 0.15) is 0 Å². The van der Waals surface area contributed by atoms with Crippen molar-refractivity contribution < 1.29 is 18.0 Å². The van der Waals surface area contributed by atoms with Gasteiger partial charge in [-0.05, 0) is 60.9 Å². The summed E-state index contributed by atoms with van der Waals surface area (Å²) in [7, 11) is -3.50. The van der Waals surface area contributed by atoms with E-state index in [0.29, 0.717) is 35.6 Å². The number of nitrogens with zero attached hydrogens (tertiary/aromatic N) is 2. The van der Waals surface area contributed by atoms with E-state index in [-0.39, 0.29) is 23.1 Å². The van der Waals surface area contributed by atoms with Gasteiger partial charge in [-0.15, -0.1) is 0 Å². The number of nitrogens with one attached hydrogen (secondary N) is 2. The van der Waals surface area contributed by atoms with Gasteiger partial charge in [0.2, 0.25) is 15.9 Å². The Balaban J connectivity index is 1.35. The molecular formula is C25H26N4O4S. The Morgan fingerprint density at radius 2 is 1.50 bits per heavy atom. The average Bonchev–Trinajstić information content (AvgIpc) is 2.85. The van der Waals surface area contributed by atoms with Crippen molar-refractivity contribution in [2.75, 3.05) is 23.7 Å². The van der Waals surface area contributed by atoms with Crippen LogP contribution in [0.3, 0.4) is 0 Å². The second-order valence-electron chi connectivity index (χ2n) is 8.10. The van der Waals surface area contributed by atoms with Crippen LogP contribution >= 0.6 is 0 Å². The molecule has 34 heavy (non-hydrogen) atoms. The monoisotopic (exact) mass is 478 g/mol. The van der Waals surface area contributed by atoms with Crippen LogP contribution in [-0.4, -0.2) is 42.6 Å². The fraction of sp³-hybridized carbons (Fsp3) is 0.240. The quantitative estimate of drug-likeness (QED) is 0.538. The topological polar surface area (TPSA) is 108 Å². The van der Waals surface area contributed by atoms with Crippen molar-refractivity contribution in [1.82, 2.24) is 9.29 Å². The van der Waals surface area contributed by atoms with Crippen molar-refractivity contribution in [2.45, 2.75) is 30.6 Å². The van der Waals surface area contributed by atoms with Crippen molar-refractivity contribution in [3.63, 3.8) is 0 Å². The summed E-state index contributed by atoms with van der Waals surface area (Å²) in [6, 6.07) is 16.6. The molecule has 1 aromatic heterocycles. The number of aromatic nitrogens is 1. The van der Waals surface area contributed by atoms with Crippen LogP contribution in [0.5, 0.6) is 0 Å². The lowest BCUT2D eigenvalue weighted by molar-refractivity contribution is -0.115. The Hall–Kier alpha value is -3.56. The highest BCUT2D eigenvalue weighted by Crippen LogP contribution is 2.21. The molecule has 1 saturated heterocycles. The number of carbonyl (C=O) groups is 2. The third-order valence-electron chi connectivity index (χ3n) is 5.59. The SMILES string of the molecule is O=C(Cc1ccc(S(=O)(=O)N2CCCCC2)cc1)Nc1cccc(NC(=O)c2ccncc2)c1. The van der Waals surface area contributed by atoms with Crippen LogP contribution in [0.4, 0.5) is 11.4 Å². The van der Waals surface area contributed by atoms with Gasteiger partial charge in [-0.1, -0.05) is 24.6 Å². The molecule has 0 bridgehead atoms. The minimum atomic E-state index is -3.50. The van der Waals surface area contributed by atoms with E-state index < -0.39 is 10.0 Å². The highest BCUT2D eigenvalue weighted by Gasteiger charge is 2.25. The number of hydrogen-bond donors (Lipinski definition) is 2. The predicted octanol–water partition coefficient (Wildman–Crippen LogP) is 3.69. The summed E-state index contributed by atoms with van der Waals surface area (Å²) < 4.78 is 27.1. The molecule has 176 valence electrons. The van der Waals surface area contributed by atoms with Gasteiger partial charge in [0.05, 0.1) is 11.3 Å². The Bertz CT molecular complexity index is 1260. The second-order valence-corrected chi connectivity index (χ2v) is 10.0. The normalized spacial score (nSPS) is 14.4. The maximum absolute atomic E-state index is 12.8. The Kier molecular flexibility index (Phi) is 7.34. The molecule has 2 amide bonds. The average molecular weight is 479 g/mol. The molecule has 1 aliphatic rings. The van der Waals surface area contributed by atoms with Crippen molar-refractivity contribution in [3.05, 3.63) is 84.2 Å². The lowest BCUT2D eigenvalue weighted by atomic mass is 10.1. The van der Waals surface area contributed by atoms with Crippen LogP contribution in [0.1, 0.15) is 35.2 Å². The fourth-order valence-corrected chi connectivity index (χ4v) is 5.32. The van der Waals surface area contributed by atoms with E-state index in [9.17, 15) is 18.0 Å². The number of piperidine rings is 1. The first-order valence-electron chi connectivity index (χ1n) is 11.1. The fourth-order valence-electron chi connectivity index (χ4n) is 3.81. The number of benzene rings is 2. The van der Waals surface area contributed by atoms with E-state index in [0.717, 1.165) is 19.3 Å². The maximum Gasteiger partial charge on any atom is 0.255 e. The summed E-state index contributed by atoms with van der Waals surface area (Å²) in [5.41, 5.74) is 2.28. The van der Waals surface area contributed by atoms with Crippen LogP contribution in [0.2, 0.25) is 0 Å². The second kappa shape index (κ2) is 10.6. The standard InChI is InChI=1S/C25H26N4O4S/c30-24(17-19-7-9-23(10-8-19)34(32,33)29-15-2-1-3-16-29)27-21-5-4-6-22(18-21)28-25(31)20-11-13-26-14-12-20/h4-14,18H,1-3,15-17H2,(H,27,30)(H,28,31). The van der Waals surface area contributed by atoms with Gasteiger partial charge in [-0.2, -0.15) is 4.31 Å². The minimum Gasteiger partial charge on any atom is -0.326 e. The maximum atomic E-state index is 12.8. The molecule has 2 aromatic carbocycles. The molecule has 1 fully saturated rings. The van der Waals surface area contributed by atoms with Gasteiger partial charge in [0.25, 0.3) is 5.91 Å². The molecule has 0 radical (unpaired) electrons. The largest absolute Gasteiger partial charge is 0.326 e. The van der Waals surface area contributed by atoms with Crippen LogP contribution < -0.4 is 10.6 Å². The molecule has 0 spiro atoms. The number of carbonyl (C=O) groups excluding carboxylic acids is 2. The zero-order valence-corrected chi connectivity index (χ0v) is 19.4. The van der Waals surface area contributed by atoms with Crippen molar-refractivity contribution in [3.8, 4) is 0 Å². The van der Waals surface area contributed by atoms with Crippen molar-refractivity contribution in [2.24, 2.45) is 0 Å². The lowest BCUT2D eigenvalue weighted by Gasteiger charge is -2.25. The first kappa shape index (κ1) is 23.6. The highest BCUT2D eigenvalue weighted by molar-refractivity contribution is 7.89. The van der Waals surface area contributed by atoms with Crippen LogP contribution in [0.15, 0.2) is 78.0 Å². The van der Waals surface area contributed by atoms with Crippen molar-refractivity contribution in [1.29, 1.82) is 0 Å². The van der Waals surface area contributed by atoms with E-state index in [2.05, 4.69) is 15.6 Å². The summed E-state index contributed by atoms with van der Waals surface area (Å²) in [6.45, 7) is 1.10. The molecule has 1 aliphatic heterocycles. The van der Waals surface area contributed by atoms with E-state index in [1.54, 1.807) is 73.1 Å². The zero-order chi connectivity index (χ0) is 24.0. The van der Waals surface area contributed by atoms with Gasteiger partial charge >= 0.3 is 0 Å². The molecule has 9 heteroatoms. The predicted molar refractivity (Wildman–Crippen MR) is 130 cm³/mol. The van der Waals surface area contributed by atoms with E-state index in [4.69, 9.17) is 0 Å². The molecule has 4 rings (SSSR count). The number of pyridine rings is 1. The van der Waals surface area contributed by atoms with E-state index in [1.807, 2.05) is 0 Å². The van der Waals surface area contributed by atoms with E-state index >= 15 is 0 Å². The summed E-state index contributed by atoms with van der Waals surface area (Å²) >= 11 is 0. The molecule has 0 unspecified atom stereocenters. The van der Waals surface area contributed by atoms with Crippen LogP contribution in [-0.2, 0) is 21.2 Å². The summed E-state index contributed by atoms with van der Waals surface area (Å²) in [5, 5.41) is 5.60. The Morgan fingerprint density at radius 1 is 0.853 bits per heavy atom. The number of rotatable bonds is 7. The van der Waals surface area contributed by atoms with E-state index in [1.165, 1.54) is 4.31 Å². The third kappa shape index (κ3) is 5.86. The molecule has 2 N–H and O–H groups in total. The number of amides is 2. The first-order valence-corrected chi connectivity index (χ1v) is 12.6. The summed E-state index contributed by atoms with van der Waals surface area (Å²) in [4.78, 5) is 29.0. The van der Waals surface area contributed by atoms with Gasteiger partial charge in [-0.3, -0.25) is 14.6 Å². The van der Waals surface area contributed by atoms with Gasteiger partial charge in [-0.25, -0.2) is 8.42 Å². The number of anilines is 2. The van der Waals surface area contributed by atoms with Gasteiger partial charge in [0.15, 0.2) is 0 Å². The molecule has 0 aliphatic carbocycles. The summed E-state index contributed by atoms with van der Waals surface area (Å²) in [6.07, 6.45) is 6.00. The molecule has 0 saturated carbocycles. The van der Waals surface area contributed by atoms with Gasteiger partial charge in [0, 0.05) is 42.4 Å². The zero-order valence-electron chi connectivity index (χ0n) is 18.6. The molecule has 0 atom stereocenters. The third-order valence-corrected chi connectivity index (χ3v) is 7.50. The number of sulfonamides is 1. The lowest BCUT2D eigenvalue weighted by Crippen LogP contribution is -2.35. The first-order chi connectivity index (χ1) is 16.4. The molecule has 8 nitrogen and oxygen atoms in total. The van der Waals surface area contributed by atoms with Crippen LogP contribution in [0.25, 0.3) is 0 Å². The smallest absolute Gasteiger partial charge is 0.255 e. The molecule has 3 aromatic rings. The molecular weight excluding hydrogens is 452 g/mol. The van der Waals surface area contributed by atoms with Gasteiger partial charge < -0.3 is 10.6 Å². The summed E-state index contributed by atoms with van der Waals surface area (Å²) in [5.74, 6) is -0.519. The van der Waals surface area contributed by atoms with Crippen LogP contribution in [0, 0.1) is 0 Å². The Morgan fingerprint density at radius 3 is 2.18 bits per heavy atom. The molecule has 2 heterocycles. The highest BCUT2D eigenvalue weighted by atomic mass is 32.2. The minimum absolute atomic E-state index is 0.0949. The Labute approximate surface area is 199 Å². The van der Waals surface area contributed by atoms with Crippen molar-refractivity contribution >= 4 is 33.2 Å². The number of hydrogen-bond acceptors (Lipinski definition) is 5.